The Labute approximate surface area is 152 Å². The Morgan fingerprint density at radius 2 is 1.77 bits per heavy atom. The van der Waals surface area contributed by atoms with Crippen LogP contribution in [0.15, 0.2) is 60.7 Å². The molecule has 0 unspecified atom stereocenters. The molecule has 1 heterocycles. The first-order chi connectivity index (χ1) is 12.6. The van der Waals surface area contributed by atoms with Crippen molar-refractivity contribution in [1.82, 2.24) is 10.3 Å². The molecule has 0 saturated carbocycles. The molecule has 5 nitrogen and oxygen atoms in total. The fraction of sp³-hybridized carbons (Fsp3) is 0.190. The monoisotopic (exact) mass is 348 g/mol. The van der Waals surface area contributed by atoms with E-state index in [4.69, 9.17) is 4.74 Å². The molecule has 3 aromatic rings. The third-order valence-corrected chi connectivity index (χ3v) is 4.18. The van der Waals surface area contributed by atoms with Crippen molar-refractivity contribution in [3.8, 4) is 0 Å². The number of nitrogens with zero attached hydrogens (tertiary/aromatic N) is 1. The van der Waals surface area contributed by atoms with Crippen LogP contribution in [-0.2, 0) is 16.0 Å². The lowest BCUT2D eigenvalue weighted by Crippen LogP contribution is -2.43. The van der Waals surface area contributed by atoms with Crippen LogP contribution in [0.25, 0.3) is 10.9 Å². The zero-order valence-corrected chi connectivity index (χ0v) is 14.7. The summed E-state index contributed by atoms with van der Waals surface area (Å²) >= 11 is 0. The maximum atomic E-state index is 12.6. The van der Waals surface area contributed by atoms with E-state index in [1.165, 1.54) is 7.11 Å². The molecular weight excluding hydrogens is 328 g/mol. The summed E-state index contributed by atoms with van der Waals surface area (Å²) in [6.07, 6.45) is 0.353. The van der Waals surface area contributed by atoms with Crippen molar-refractivity contribution < 1.29 is 14.3 Å². The third-order valence-electron chi connectivity index (χ3n) is 4.18. The number of esters is 1. The fourth-order valence-corrected chi connectivity index (χ4v) is 2.72. The lowest BCUT2D eigenvalue weighted by Gasteiger charge is -2.16. The Balaban J connectivity index is 1.79. The van der Waals surface area contributed by atoms with Crippen molar-refractivity contribution in [2.75, 3.05) is 7.11 Å². The van der Waals surface area contributed by atoms with E-state index in [-0.39, 0.29) is 5.69 Å². The van der Waals surface area contributed by atoms with Crippen LogP contribution >= 0.6 is 0 Å². The zero-order chi connectivity index (χ0) is 18.5. The van der Waals surface area contributed by atoms with Crippen LogP contribution < -0.4 is 5.32 Å². The number of pyridine rings is 1. The average Bonchev–Trinajstić information content (AvgIpc) is 2.68. The van der Waals surface area contributed by atoms with Gasteiger partial charge in [0.05, 0.1) is 12.6 Å². The van der Waals surface area contributed by atoms with Gasteiger partial charge in [0.25, 0.3) is 5.91 Å². The number of para-hydroxylation sites is 1. The van der Waals surface area contributed by atoms with E-state index in [1.807, 2.05) is 61.5 Å². The van der Waals surface area contributed by atoms with Crippen LogP contribution in [0.1, 0.15) is 21.6 Å². The minimum Gasteiger partial charge on any atom is -0.467 e. The molecule has 1 atom stereocenters. The second kappa shape index (κ2) is 7.78. The maximum absolute atomic E-state index is 12.6. The first-order valence-electron chi connectivity index (χ1n) is 8.37. The van der Waals surface area contributed by atoms with Crippen molar-refractivity contribution in [3.63, 3.8) is 0 Å². The summed E-state index contributed by atoms with van der Waals surface area (Å²) in [7, 11) is 1.31. The normalized spacial score (nSPS) is 11.8. The van der Waals surface area contributed by atoms with Gasteiger partial charge in [-0.25, -0.2) is 9.78 Å². The number of hydrogen-bond donors (Lipinski definition) is 1. The maximum Gasteiger partial charge on any atom is 0.328 e. The number of carbonyl (C=O) groups excluding carboxylic acids is 2. The van der Waals surface area contributed by atoms with Gasteiger partial charge in [-0.05, 0) is 24.6 Å². The standard InChI is InChI=1S/C21H20N2O3/c1-14-7-9-15(10-8-14)13-19(21(25)26-2)23-20(24)18-12-11-16-5-3-4-6-17(16)22-18/h3-12,19H,13H2,1-2H3,(H,23,24)/t19-/m1/s1. The summed E-state index contributed by atoms with van der Waals surface area (Å²) in [5, 5.41) is 3.69. The van der Waals surface area contributed by atoms with Gasteiger partial charge < -0.3 is 10.1 Å². The number of benzene rings is 2. The Morgan fingerprint density at radius 3 is 2.50 bits per heavy atom. The molecule has 132 valence electrons. The van der Waals surface area contributed by atoms with Gasteiger partial charge in [-0.15, -0.1) is 0 Å². The molecule has 0 radical (unpaired) electrons. The number of carbonyl (C=O) groups is 2. The molecule has 5 heteroatoms. The highest BCUT2D eigenvalue weighted by Gasteiger charge is 2.23. The average molecular weight is 348 g/mol. The fourth-order valence-electron chi connectivity index (χ4n) is 2.72. The van der Waals surface area contributed by atoms with Gasteiger partial charge in [0.15, 0.2) is 0 Å². The Bertz CT molecular complexity index is 935. The van der Waals surface area contributed by atoms with Crippen molar-refractivity contribution in [1.29, 1.82) is 0 Å². The first-order valence-corrected chi connectivity index (χ1v) is 8.37. The summed E-state index contributed by atoms with van der Waals surface area (Å²) < 4.78 is 4.84. The van der Waals surface area contributed by atoms with E-state index < -0.39 is 17.9 Å². The van der Waals surface area contributed by atoms with Crippen LogP contribution in [0.5, 0.6) is 0 Å². The summed E-state index contributed by atoms with van der Waals surface area (Å²) in [5.41, 5.74) is 3.07. The molecule has 0 aliphatic rings. The Hall–Kier alpha value is -3.21. The lowest BCUT2D eigenvalue weighted by molar-refractivity contribution is -0.142. The predicted octanol–water partition coefficient (Wildman–Crippen LogP) is 3.06. The lowest BCUT2D eigenvalue weighted by atomic mass is 10.0. The number of ether oxygens (including phenoxy) is 1. The van der Waals surface area contributed by atoms with Gasteiger partial charge in [0.2, 0.25) is 0 Å². The molecule has 0 fully saturated rings. The van der Waals surface area contributed by atoms with Crippen LogP contribution in [0.2, 0.25) is 0 Å². The third kappa shape index (κ3) is 4.06. The summed E-state index contributed by atoms with van der Waals surface area (Å²) in [5.74, 6) is -0.891. The molecule has 0 saturated heterocycles. The molecule has 0 aliphatic heterocycles. The predicted molar refractivity (Wildman–Crippen MR) is 99.9 cm³/mol. The van der Waals surface area contributed by atoms with Crippen LogP contribution in [0.3, 0.4) is 0 Å². The largest absolute Gasteiger partial charge is 0.467 e. The van der Waals surface area contributed by atoms with Gasteiger partial charge in [-0.3, -0.25) is 4.79 Å². The number of rotatable bonds is 5. The molecule has 2 aromatic carbocycles. The first kappa shape index (κ1) is 17.6. The number of methoxy groups -OCH3 is 1. The number of fused-ring (bicyclic) bond motifs is 1. The van der Waals surface area contributed by atoms with Crippen molar-refractivity contribution >= 4 is 22.8 Å². The molecular formula is C21H20N2O3. The molecule has 0 bridgehead atoms. The summed E-state index contributed by atoms with van der Waals surface area (Å²) in [6, 6.07) is 18.1. The molecule has 26 heavy (non-hydrogen) atoms. The van der Waals surface area contributed by atoms with E-state index >= 15 is 0 Å². The number of nitrogens with one attached hydrogen (secondary N) is 1. The SMILES string of the molecule is COC(=O)[C@@H](Cc1ccc(C)cc1)NC(=O)c1ccc2ccccc2n1. The number of aryl methyl sites for hydroxylation is 1. The van der Waals surface area contributed by atoms with Gasteiger partial charge >= 0.3 is 5.97 Å². The molecule has 3 rings (SSSR count). The van der Waals surface area contributed by atoms with Crippen molar-refractivity contribution in [2.24, 2.45) is 0 Å². The minimum atomic E-state index is -0.775. The Kier molecular flexibility index (Phi) is 5.27. The van der Waals surface area contributed by atoms with Gasteiger partial charge in [0, 0.05) is 11.8 Å². The number of aromatic nitrogens is 1. The summed E-state index contributed by atoms with van der Waals surface area (Å²) in [4.78, 5) is 29.1. The van der Waals surface area contributed by atoms with Crippen molar-refractivity contribution in [2.45, 2.75) is 19.4 Å². The zero-order valence-electron chi connectivity index (χ0n) is 14.7. The van der Waals surface area contributed by atoms with Gasteiger partial charge in [0.1, 0.15) is 11.7 Å². The second-order valence-electron chi connectivity index (χ2n) is 6.13. The highest BCUT2D eigenvalue weighted by molar-refractivity contribution is 5.97. The van der Waals surface area contributed by atoms with Gasteiger partial charge in [-0.2, -0.15) is 0 Å². The van der Waals surface area contributed by atoms with E-state index in [0.29, 0.717) is 6.42 Å². The number of amides is 1. The Morgan fingerprint density at radius 1 is 1.04 bits per heavy atom. The molecule has 0 aliphatic carbocycles. The molecule has 1 amide bonds. The van der Waals surface area contributed by atoms with Crippen molar-refractivity contribution in [3.05, 3.63) is 77.5 Å². The number of hydrogen-bond acceptors (Lipinski definition) is 4. The molecule has 1 N–H and O–H groups in total. The highest BCUT2D eigenvalue weighted by Crippen LogP contribution is 2.12. The second-order valence-corrected chi connectivity index (χ2v) is 6.13. The smallest absolute Gasteiger partial charge is 0.328 e. The van der Waals surface area contributed by atoms with E-state index in [1.54, 1.807) is 6.07 Å². The topological polar surface area (TPSA) is 68.3 Å². The van der Waals surface area contributed by atoms with E-state index in [2.05, 4.69) is 10.3 Å². The van der Waals surface area contributed by atoms with Crippen LogP contribution in [0.4, 0.5) is 0 Å². The summed E-state index contributed by atoms with van der Waals surface area (Å²) in [6.45, 7) is 1.99. The molecule has 0 spiro atoms. The van der Waals surface area contributed by atoms with Crippen LogP contribution in [0, 0.1) is 6.92 Å². The van der Waals surface area contributed by atoms with E-state index in [9.17, 15) is 9.59 Å². The van der Waals surface area contributed by atoms with Crippen LogP contribution in [-0.4, -0.2) is 30.0 Å². The highest BCUT2D eigenvalue weighted by atomic mass is 16.5. The van der Waals surface area contributed by atoms with E-state index in [0.717, 1.165) is 22.0 Å². The molecule has 1 aromatic heterocycles. The minimum absolute atomic E-state index is 0.265. The van der Waals surface area contributed by atoms with Gasteiger partial charge in [-0.1, -0.05) is 54.1 Å². The quantitative estimate of drug-likeness (QED) is 0.720.